The van der Waals surface area contributed by atoms with E-state index in [0.29, 0.717) is 12.1 Å². The molecular formula is C15H18N6O3S. The summed E-state index contributed by atoms with van der Waals surface area (Å²) in [5.41, 5.74) is 7.72. The average molecular weight is 362 g/mol. The third-order valence-corrected chi connectivity index (χ3v) is 5.85. The number of hydrazone groups is 1. The number of sulfone groups is 1. The van der Waals surface area contributed by atoms with Crippen molar-refractivity contribution >= 4 is 22.1 Å². The molecule has 0 bridgehead atoms. The first-order valence-corrected chi connectivity index (χ1v) is 8.97. The molecule has 25 heavy (non-hydrogen) atoms. The van der Waals surface area contributed by atoms with Gasteiger partial charge in [-0.15, -0.1) is 0 Å². The Labute approximate surface area is 144 Å². The number of nitrogens with one attached hydrogen (secondary N) is 2. The second-order valence-electron chi connectivity index (χ2n) is 5.82. The van der Waals surface area contributed by atoms with Gasteiger partial charge >= 0.3 is 6.03 Å². The van der Waals surface area contributed by atoms with Gasteiger partial charge in [-0.2, -0.15) is 10.2 Å². The van der Waals surface area contributed by atoms with Crippen molar-refractivity contribution in [3.05, 3.63) is 42.2 Å². The van der Waals surface area contributed by atoms with Gasteiger partial charge in [0.2, 0.25) is 9.84 Å². The standard InChI is InChI=1S/C15H18N6O3S/c1-21-7-11(6-20-21)25(23,24)13-5-3-2-4-12(13)15(8-17-14(16)22)9-18-19-10-15/h2-7,9,19H,8,10H2,1H3,(H3,16,17,22). The lowest BCUT2D eigenvalue weighted by molar-refractivity contribution is 0.247. The molecule has 4 N–H and O–H groups in total. The second kappa shape index (κ2) is 6.20. The highest BCUT2D eigenvalue weighted by Crippen LogP contribution is 2.32. The lowest BCUT2D eigenvalue weighted by Crippen LogP contribution is -2.46. The number of carbonyl (C=O) groups is 1. The fraction of sp³-hybridized carbons (Fsp3) is 0.267. The van der Waals surface area contributed by atoms with Gasteiger partial charge in [0.1, 0.15) is 4.90 Å². The van der Waals surface area contributed by atoms with Gasteiger partial charge in [0.25, 0.3) is 0 Å². The first-order chi connectivity index (χ1) is 11.8. The molecule has 0 radical (unpaired) electrons. The fourth-order valence-electron chi connectivity index (χ4n) is 2.79. The number of amides is 2. The molecule has 1 unspecified atom stereocenters. The van der Waals surface area contributed by atoms with Crippen molar-refractivity contribution in [1.82, 2.24) is 20.5 Å². The molecule has 1 aromatic heterocycles. The van der Waals surface area contributed by atoms with E-state index in [2.05, 4.69) is 20.9 Å². The summed E-state index contributed by atoms with van der Waals surface area (Å²) in [6.07, 6.45) is 4.35. The van der Waals surface area contributed by atoms with Gasteiger partial charge in [0, 0.05) is 32.5 Å². The Bertz CT molecular complexity index is 936. The van der Waals surface area contributed by atoms with E-state index in [-0.39, 0.29) is 16.3 Å². The minimum absolute atomic E-state index is 0.100. The van der Waals surface area contributed by atoms with E-state index in [0.717, 1.165) is 0 Å². The zero-order chi connectivity index (χ0) is 18.1. The van der Waals surface area contributed by atoms with Gasteiger partial charge < -0.3 is 16.5 Å². The van der Waals surface area contributed by atoms with E-state index < -0.39 is 21.3 Å². The van der Waals surface area contributed by atoms with E-state index in [9.17, 15) is 13.2 Å². The molecule has 10 heteroatoms. The van der Waals surface area contributed by atoms with Gasteiger partial charge in [0.15, 0.2) is 0 Å². The normalized spacial score (nSPS) is 19.6. The number of primary amides is 1. The Hall–Kier alpha value is -2.88. The maximum Gasteiger partial charge on any atom is 0.312 e. The van der Waals surface area contributed by atoms with E-state index in [1.165, 1.54) is 23.1 Å². The average Bonchev–Trinajstić information content (AvgIpc) is 3.23. The number of urea groups is 1. The summed E-state index contributed by atoms with van der Waals surface area (Å²) < 4.78 is 27.6. The van der Waals surface area contributed by atoms with Gasteiger partial charge in [-0.1, -0.05) is 18.2 Å². The summed E-state index contributed by atoms with van der Waals surface area (Å²) in [4.78, 5) is 11.4. The highest BCUT2D eigenvalue weighted by Gasteiger charge is 2.38. The van der Waals surface area contributed by atoms with Crippen LogP contribution in [0.3, 0.4) is 0 Å². The van der Waals surface area contributed by atoms with Crippen molar-refractivity contribution in [1.29, 1.82) is 0 Å². The zero-order valence-corrected chi connectivity index (χ0v) is 14.3. The van der Waals surface area contributed by atoms with Crippen LogP contribution in [0.2, 0.25) is 0 Å². The molecule has 1 aliphatic heterocycles. The summed E-state index contributed by atoms with van der Waals surface area (Å²) in [7, 11) is -2.13. The lowest BCUT2D eigenvalue weighted by atomic mass is 9.82. The first kappa shape index (κ1) is 17.0. The Morgan fingerprint density at radius 1 is 1.44 bits per heavy atom. The summed E-state index contributed by atoms with van der Waals surface area (Å²) in [6, 6.07) is 5.96. The molecule has 1 atom stereocenters. The lowest BCUT2D eigenvalue weighted by Gasteiger charge is -2.27. The predicted octanol–water partition coefficient (Wildman–Crippen LogP) is -0.252. The SMILES string of the molecule is Cn1cc(S(=O)(=O)c2ccccc2C2(CNC(N)=O)C=NNC2)cn1. The molecule has 1 aromatic carbocycles. The quantitative estimate of drug-likeness (QED) is 0.675. The highest BCUT2D eigenvalue weighted by molar-refractivity contribution is 7.91. The highest BCUT2D eigenvalue weighted by atomic mass is 32.2. The van der Waals surface area contributed by atoms with Crippen molar-refractivity contribution in [2.24, 2.45) is 17.9 Å². The number of hydrogen-bond donors (Lipinski definition) is 3. The molecule has 1 aliphatic rings. The Morgan fingerprint density at radius 3 is 2.80 bits per heavy atom. The monoisotopic (exact) mass is 362 g/mol. The van der Waals surface area contributed by atoms with E-state index >= 15 is 0 Å². The largest absolute Gasteiger partial charge is 0.352 e. The minimum Gasteiger partial charge on any atom is -0.352 e. The maximum absolute atomic E-state index is 13.1. The van der Waals surface area contributed by atoms with Crippen LogP contribution in [-0.2, 0) is 22.3 Å². The molecule has 3 rings (SSSR count). The smallest absolute Gasteiger partial charge is 0.312 e. The number of carbonyl (C=O) groups excluding carboxylic acids is 1. The van der Waals surface area contributed by atoms with Crippen LogP contribution in [0.1, 0.15) is 5.56 Å². The van der Waals surface area contributed by atoms with E-state index in [1.54, 1.807) is 31.5 Å². The first-order valence-electron chi connectivity index (χ1n) is 7.49. The zero-order valence-electron chi connectivity index (χ0n) is 13.5. The Morgan fingerprint density at radius 2 is 2.20 bits per heavy atom. The van der Waals surface area contributed by atoms with Crippen LogP contribution in [-0.4, -0.2) is 43.5 Å². The van der Waals surface area contributed by atoms with E-state index in [1.807, 2.05) is 0 Å². The van der Waals surface area contributed by atoms with Crippen LogP contribution < -0.4 is 16.5 Å². The number of rotatable bonds is 5. The van der Waals surface area contributed by atoms with Crippen molar-refractivity contribution in [2.45, 2.75) is 15.2 Å². The van der Waals surface area contributed by atoms with Crippen LogP contribution in [0.15, 0.2) is 51.6 Å². The van der Waals surface area contributed by atoms with E-state index in [4.69, 9.17) is 5.73 Å². The third kappa shape index (κ3) is 3.07. The van der Waals surface area contributed by atoms with Crippen LogP contribution in [0.25, 0.3) is 0 Å². The molecule has 2 heterocycles. The molecule has 0 fully saturated rings. The van der Waals surface area contributed by atoms with Crippen LogP contribution in [0, 0.1) is 0 Å². The topological polar surface area (TPSA) is 131 Å². The number of nitrogens with zero attached hydrogens (tertiary/aromatic N) is 3. The molecule has 0 saturated heterocycles. The maximum atomic E-state index is 13.1. The Balaban J connectivity index is 2.12. The molecule has 2 amide bonds. The molecule has 0 spiro atoms. The Kier molecular flexibility index (Phi) is 4.21. The summed E-state index contributed by atoms with van der Waals surface area (Å²) in [5, 5.41) is 10.5. The summed E-state index contributed by atoms with van der Waals surface area (Å²) >= 11 is 0. The number of hydrogen-bond acceptors (Lipinski definition) is 6. The number of benzene rings is 1. The van der Waals surface area contributed by atoms with Crippen molar-refractivity contribution in [2.75, 3.05) is 13.1 Å². The fourth-order valence-corrected chi connectivity index (χ4v) is 4.34. The number of aryl methyl sites for hydroxylation is 1. The molecule has 132 valence electrons. The van der Waals surface area contributed by atoms with Crippen molar-refractivity contribution < 1.29 is 13.2 Å². The molecular weight excluding hydrogens is 344 g/mol. The van der Waals surface area contributed by atoms with Crippen molar-refractivity contribution in [3.8, 4) is 0 Å². The molecule has 9 nitrogen and oxygen atoms in total. The van der Waals surface area contributed by atoms with Gasteiger partial charge in [-0.25, -0.2) is 13.2 Å². The van der Waals surface area contributed by atoms with Gasteiger partial charge in [-0.05, 0) is 11.6 Å². The van der Waals surface area contributed by atoms with Crippen LogP contribution in [0.4, 0.5) is 4.79 Å². The molecule has 2 aromatic rings. The predicted molar refractivity (Wildman–Crippen MR) is 90.9 cm³/mol. The molecule has 0 aliphatic carbocycles. The van der Waals surface area contributed by atoms with Crippen LogP contribution in [0.5, 0.6) is 0 Å². The minimum atomic E-state index is -3.78. The number of nitrogens with two attached hydrogens (primary N) is 1. The summed E-state index contributed by atoms with van der Waals surface area (Å²) in [5.74, 6) is 0. The number of aromatic nitrogens is 2. The van der Waals surface area contributed by atoms with Gasteiger partial charge in [0.05, 0.1) is 16.5 Å². The second-order valence-corrected chi connectivity index (χ2v) is 7.73. The molecule has 0 saturated carbocycles. The van der Waals surface area contributed by atoms with Crippen LogP contribution >= 0.6 is 0 Å². The third-order valence-electron chi connectivity index (χ3n) is 4.08. The summed E-state index contributed by atoms with van der Waals surface area (Å²) in [6.45, 7) is 0.464. The van der Waals surface area contributed by atoms with Crippen molar-refractivity contribution in [3.63, 3.8) is 0 Å². The van der Waals surface area contributed by atoms with Gasteiger partial charge in [-0.3, -0.25) is 4.68 Å².